The van der Waals surface area contributed by atoms with Gasteiger partial charge in [-0.25, -0.2) is 0 Å². The van der Waals surface area contributed by atoms with Gasteiger partial charge in [-0.05, 0) is 31.7 Å². The molecule has 0 unspecified atom stereocenters. The van der Waals surface area contributed by atoms with Crippen LogP contribution in [0.2, 0.25) is 0 Å². The summed E-state index contributed by atoms with van der Waals surface area (Å²) in [6.07, 6.45) is 3.09. The molecule has 0 atom stereocenters. The van der Waals surface area contributed by atoms with Crippen molar-refractivity contribution < 1.29 is 9.59 Å². The van der Waals surface area contributed by atoms with Gasteiger partial charge in [0.15, 0.2) is 10.9 Å². The van der Waals surface area contributed by atoms with Crippen molar-refractivity contribution in [1.82, 2.24) is 20.1 Å². The van der Waals surface area contributed by atoms with E-state index < -0.39 is 0 Å². The standard InChI is InChI=1S/C18H22N4O2S/c1-12-20-21-18(22(12)16-7-8-16)25-11-17(24)15-5-3-14(4-6-15)9-10-19-13(2)23/h3-6,16H,7-11H2,1-2H3,(H,19,23). The van der Waals surface area contributed by atoms with Gasteiger partial charge in [-0.1, -0.05) is 36.0 Å². The minimum atomic E-state index is -0.0295. The van der Waals surface area contributed by atoms with Gasteiger partial charge in [0.1, 0.15) is 5.82 Å². The van der Waals surface area contributed by atoms with Crippen LogP contribution in [0.25, 0.3) is 0 Å². The molecule has 3 rings (SSSR count). The highest BCUT2D eigenvalue weighted by atomic mass is 32.2. The predicted molar refractivity (Wildman–Crippen MR) is 96.9 cm³/mol. The highest BCUT2D eigenvalue weighted by Gasteiger charge is 2.28. The lowest BCUT2D eigenvalue weighted by molar-refractivity contribution is -0.118. The molecule has 1 amide bonds. The molecule has 1 saturated carbocycles. The predicted octanol–water partition coefficient (Wildman–Crippen LogP) is 2.58. The molecule has 1 aromatic carbocycles. The van der Waals surface area contributed by atoms with Crippen molar-refractivity contribution in [3.63, 3.8) is 0 Å². The van der Waals surface area contributed by atoms with Crippen molar-refractivity contribution in [3.05, 3.63) is 41.2 Å². The molecule has 25 heavy (non-hydrogen) atoms. The molecule has 2 aromatic rings. The van der Waals surface area contributed by atoms with Crippen molar-refractivity contribution in [1.29, 1.82) is 0 Å². The zero-order valence-corrected chi connectivity index (χ0v) is 15.3. The second-order valence-electron chi connectivity index (χ2n) is 6.27. The van der Waals surface area contributed by atoms with Crippen LogP contribution in [0, 0.1) is 6.92 Å². The number of carbonyl (C=O) groups is 2. The summed E-state index contributed by atoms with van der Waals surface area (Å²) in [6.45, 7) is 4.07. The summed E-state index contributed by atoms with van der Waals surface area (Å²) < 4.78 is 2.14. The van der Waals surface area contributed by atoms with Crippen LogP contribution in [0.15, 0.2) is 29.4 Å². The van der Waals surface area contributed by atoms with Crippen LogP contribution in [-0.2, 0) is 11.2 Å². The molecule has 1 aliphatic rings. The number of carbonyl (C=O) groups excluding carboxylic acids is 2. The Labute approximate surface area is 151 Å². The van der Waals surface area contributed by atoms with Crippen molar-refractivity contribution in [3.8, 4) is 0 Å². The second kappa shape index (κ2) is 7.82. The highest BCUT2D eigenvalue weighted by molar-refractivity contribution is 7.99. The first-order valence-electron chi connectivity index (χ1n) is 8.45. The Kier molecular flexibility index (Phi) is 5.53. The number of amides is 1. The summed E-state index contributed by atoms with van der Waals surface area (Å²) in [5, 5.41) is 11.9. The van der Waals surface area contributed by atoms with Gasteiger partial charge in [-0.2, -0.15) is 0 Å². The smallest absolute Gasteiger partial charge is 0.216 e. The van der Waals surface area contributed by atoms with E-state index in [-0.39, 0.29) is 11.7 Å². The van der Waals surface area contributed by atoms with Gasteiger partial charge >= 0.3 is 0 Å². The van der Waals surface area contributed by atoms with Crippen molar-refractivity contribution in [2.45, 2.75) is 44.3 Å². The van der Waals surface area contributed by atoms with E-state index >= 15 is 0 Å². The molecule has 1 aromatic heterocycles. The van der Waals surface area contributed by atoms with Crippen LogP contribution in [0.5, 0.6) is 0 Å². The first kappa shape index (κ1) is 17.7. The first-order valence-corrected chi connectivity index (χ1v) is 9.44. The van der Waals surface area contributed by atoms with E-state index in [4.69, 9.17) is 0 Å². The molecular formula is C18H22N4O2S. The topological polar surface area (TPSA) is 76.9 Å². The van der Waals surface area contributed by atoms with Crippen LogP contribution in [-0.4, -0.2) is 38.8 Å². The molecule has 1 aliphatic carbocycles. The van der Waals surface area contributed by atoms with Gasteiger partial charge in [-0.3, -0.25) is 9.59 Å². The molecular weight excluding hydrogens is 336 g/mol. The molecule has 132 valence electrons. The lowest BCUT2D eigenvalue weighted by Gasteiger charge is -2.07. The molecule has 0 spiro atoms. The van der Waals surface area contributed by atoms with Crippen LogP contribution in [0.4, 0.5) is 0 Å². The number of ketones is 1. The lowest BCUT2D eigenvalue weighted by atomic mass is 10.1. The number of nitrogens with zero attached hydrogens (tertiary/aromatic N) is 3. The fourth-order valence-electron chi connectivity index (χ4n) is 2.66. The number of aromatic nitrogens is 3. The van der Waals surface area contributed by atoms with Crippen LogP contribution in [0.3, 0.4) is 0 Å². The third-order valence-corrected chi connectivity index (χ3v) is 5.09. The van der Waals surface area contributed by atoms with E-state index in [1.54, 1.807) is 0 Å². The van der Waals surface area contributed by atoms with Crippen molar-refractivity contribution in [2.24, 2.45) is 0 Å². The summed E-state index contributed by atoms with van der Waals surface area (Å²) in [7, 11) is 0. The average Bonchev–Trinajstić information content (AvgIpc) is 3.36. The normalized spacial score (nSPS) is 13.7. The van der Waals surface area contributed by atoms with E-state index in [0.29, 0.717) is 23.9 Å². The Morgan fingerprint density at radius 1 is 1.24 bits per heavy atom. The number of Topliss-reactive ketones (excluding diaryl/α,β-unsaturated/α-hetero) is 1. The molecule has 7 heteroatoms. The lowest BCUT2D eigenvalue weighted by Crippen LogP contribution is -2.22. The summed E-state index contributed by atoms with van der Waals surface area (Å²) in [6, 6.07) is 8.09. The fraction of sp³-hybridized carbons (Fsp3) is 0.444. The molecule has 0 radical (unpaired) electrons. The van der Waals surface area contributed by atoms with Gasteiger partial charge in [-0.15, -0.1) is 10.2 Å². The van der Waals surface area contributed by atoms with E-state index in [1.807, 2.05) is 31.2 Å². The van der Waals surface area contributed by atoms with Crippen molar-refractivity contribution >= 4 is 23.5 Å². The Morgan fingerprint density at radius 2 is 1.96 bits per heavy atom. The Bertz CT molecular complexity index is 766. The molecule has 0 aliphatic heterocycles. The summed E-state index contributed by atoms with van der Waals surface area (Å²) >= 11 is 1.45. The summed E-state index contributed by atoms with van der Waals surface area (Å²) in [4.78, 5) is 23.3. The third-order valence-electron chi connectivity index (χ3n) is 4.14. The molecule has 6 nitrogen and oxygen atoms in total. The Hall–Kier alpha value is -2.15. The third kappa shape index (κ3) is 4.69. The van der Waals surface area contributed by atoms with E-state index in [1.165, 1.54) is 31.5 Å². The van der Waals surface area contributed by atoms with Gasteiger partial charge in [0.05, 0.1) is 5.75 Å². The van der Waals surface area contributed by atoms with Crippen LogP contribution in [0.1, 0.15) is 47.6 Å². The summed E-state index contributed by atoms with van der Waals surface area (Å²) in [5.74, 6) is 1.33. The quantitative estimate of drug-likeness (QED) is 0.580. The van der Waals surface area contributed by atoms with E-state index in [9.17, 15) is 9.59 Å². The number of hydrogen-bond acceptors (Lipinski definition) is 5. The molecule has 1 N–H and O–H groups in total. The maximum atomic E-state index is 12.4. The number of nitrogens with one attached hydrogen (secondary N) is 1. The number of thioether (sulfide) groups is 1. The number of aryl methyl sites for hydroxylation is 1. The minimum Gasteiger partial charge on any atom is -0.356 e. The zero-order chi connectivity index (χ0) is 17.8. The zero-order valence-electron chi connectivity index (χ0n) is 14.5. The summed E-state index contributed by atoms with van der Waals surface area (Å²) in [5.41, 5.74) is 1.80. The molecule has 0 saturated heterocycles. The van der Waals surface area contributed by atoms with E-state index in [0.717, 1.165) is 23.0 Å². The van der Waals surface area contributed by atoms with Gasteiger partial charge in [0.25, 0.3) is 0 Å². The van der Waals surface area contributed by atoms with Gasteiger partial charge in [0, 0.05) is 25.1 Å². The Morgan fingerprint density at radius 3 is 2.60 bits per heavy atom. The SMILES string of the molecule is CC(=O)NCCc1ccc(C(=O)CSc2nnc(C)n2C2CC2)cc1. The van der Waals surface area contributed by atoms with Crippen LogP contribution < -0.4 is 5.32 Å². The molecule has 0 bridgehead atoms. The van der Waals surface area contributed by atoms with Crippen LogP contribution >= 0.6 is 11.8 Å². The number of benzene rings is 1. The average molecular weight is 358 g/mol. The highest BCUT2D eigenvalue weighted by Crippen LogP contribution is 2.38. The van der Waals surface area contributed by atoms with Gasteiger partial charge in [0.2, 0.25) is 5.91 Å². The van der Waals surface area contributed by atoms with Crippen molar-refractivity contribution in [2.75, 3.05) is 12.3 Å². The second-order valence-corrected chi connectivity index (χ2v) is 7.22. The first-order chi connectivity index (χ1) is 12.0. The van der Waals surface area contributed by atoms with E-state index in [2.05, 4.69) is 20.1 Å². The van der Waals surface area contributed by atoms with Gasteiger partial charge < -0.3 is 9.88 Å². The maximum Gasteiger partial charge on any atom is 0.216 e. The Balaban J connectivity index is 1.54. The fourth-order valence-corrected chi connectivity index (χ4v) is 3.60. The number of rotatable bonds is 8. The largest absolute Gasteiger partial charge is 0.356 e. The monoisotopic (exact) mass is 358 g/mol. The number of hydrogen-bond donors (Lipinski definition) is 1. The molecule has 1 fully saturated rings. The molecule has 1 heterocycles. The minimum absolute atomic E-state index is 0.0295. The maximum absolute atomic E-state index is 12.4.